The van der Waals surface area contributed by atoms with Crippen LogP contribution >= 0.6 is 11.6 Å². The molecule has 1 nitrogen and oxygen atoms in total. The molecule has 0 aliphatic carbocycles. The van der Waals surface area contributed by atoms with Crippen molar-refractivity contribution < 1.29 is 0 Å². The lowest BCUT2D eigenvalue weighted by atomic mass is 9.92. The highest BCUT2D eigenvalue weighted by Crippen LogP contribution is 2.21. The highest BCUT2D eigenvalue weighted by molar-refractivity contribution is 6.20. The van der Waals surface area contributed by atoms with Crippen molar-refractivity contribution in [1.82, 2.24) is 4.90 Å². The van der Waals surface area contributed by atoms with Gasteiger partial charge in [0.05, 0.1) is 0 Å². The number of halogens is 1. The standard InChI is InChI=1S/C11H22ClN/c1-11(2,3)6-8-13-7-4-5-10(12)9-13/h10H,4-9H2,1-3H3. The van der Waals surface area contributed by atoms with E-state index in [0.29, 0.717) is 10.8 Å². The quantitative estimate of drug-likeness (QED) is 0.624. The van der Waals surface area contributed by atoms with Gasteiger partial charge >= 0.3 is 0 Å². The second-order valence-corrected chi connectivity index (χ2v) is 5.97. The average Bonchev–Trinajstić information content (AvgIpc) is 2.00. The van der Waals surface area contributed by atoms with E-state index in [9.17, 15) is 0 Å². The summed E-state index contributed by atoms with van der Waals surface area (Å²) in [6.07, 6.45) is 3.75. The first-order chi connectivity index (χ1) is 5.97. The van der Waals surface area contributed by atoms with Gasteiger partial charge < -0.3 is 4.90 Å². The number of hydrogen-bond acceptors (Lipinski definition) is 1. The van der Waals surface area contributed by atoms with Crippen LogP contribution in [0.2, 0.25) is 0 Å². The van der Waals surface area contributed by atoms with Gasteiger partial charge in [-0.2, -0.15) is 0 Å². The third kappa shape index (κ3) is 4.87. The largest absolute Gasteiger partial charge is 0.302 e. The molecule has 1 heterocycles. The van der Waals surface area contributed by atoms with Crippen LogP contribution in [0.3, 0.4) is 0 Å². The molecular formula is C11H22ClN. The zero-order chi connectivity index (χ0) is 9.90. The third-order valence-electron chi connectivity index (χ3n) is 2.63. The molecule has 0 spiro atoms. The van der Waals surface area contributed by atoms with Crippen LogP contribution in [-0.2, 0) is 0 Å². The number of alkyl halides is 1. The zero-order valence-corrected chi connectivity index (χ0v) is 9.90. The molecule has 0 aromatic carbocycles. The highest BCUT2D eigenvalue weighted by Gasteiger charge is 2.19. The smallest absolute Gasteiger partial charge is 0.0463 e. The van der Waals surface area contributed by atoms with Gasteiger partial charge in [0.15, 0.2) is 0 Å². The monoisotopic (exact) mass is 203 g/mol. The molecule has 0 N–H and O–H groups in total. The van der Waals surface area contributed by atoms with E-state index >= 15 is 0 Å². The Bertz CT molecular complexity index is 151. The third-order valence-corrected chi connectivity index (χ3v) is 2.98. The lowest BCUT2D eigenvalue weighted by molar-refractivity contribution is 0.199. The van der Waals surface area contributed by atoms with E-state index in [-0.39, 0.29) is 0 Å². The maximum Gasteiger partial charge on any atom is 0.0463 e. The molecule has 13 heavy (non-hydrogen) atoms. The summed E-state index contributed by atoms with van der Waals surface area (Å²) in [4.78, 5) is 2.51. The molecule has 0 radical (unpaired) electrons. The van der Waals surface area contributed by atoms with Crippen molar-refractivity contribution in [3.63, 3.8) is 0 Å². The first kappa shape index (κ1) is 11.3. The fraction of sp³-hybridized carbons (Fsp3) is 1.00. The number of piperidine rings is 1. The van der Waals surface area contributed by atoms with Gasteiger partial charge in [-0.3, -0.25) is 0 Å². The second kappa shape index (κ2) is 4.65. The molecule has 1 aliphatic heterocycles. The maximum atomic E-state index is 6.12. The molecule has 1 unspecified atom stereocenters. The van der Waals surface area contributed by atoms with E-state index in [1.807, 2.05) is 0 Å². The Labute approximate surface area is 87.4 Å². The molecule has 1 atom stereocenters. The van der Waals surface area contributed by atoms with E-state index in [1.54, 1.807) is 0 Å². The van der Waals surface area contributed by atoms with Crippen molar-refractivity contribution in [1.29, 1.82) is 0 Å². The van der Waals surface area contributed by atoms with E-state index in [4.69, 9.17) is 11.6 Å². The molecule has 0 aromatic heterocycles. The molecule has 1 saturated heterocycles. The number of likely N-dealkylation sites (tertiary alicyclic amines) is 1. The highest BCUT2D eigenvalue weighted by atomic mass is 35.5. The van der Waals surface area contributed by atoms with E-state index in [0.717, 1.165) is 6.54 Å². The Balaban J connectivity index is 2.21. The summed E-state index contributed by atoms with van der Waals surface area (Å²) in [5.41, 5.74) is 0.458. The summed E-state index contributed by atoms with van der Waals surface area (Å²) < 4.78 is 0. The minimum atomic E-state index is 0.397. The topological polar surface area (TPSA) is 3.24 Å². The molecule has 78 valence electrons. The summed E-state index contributed by atoms with van der Waals surface area (Å²) in [5, 5.41) is 0.397. The van der Waals surface area contributed by atoms with Crippen molar-refractivity contribution >= 4 is 11.6 Å². The van der Waals surface area contributed by atoms with Gasteiger partial charge in [0.25, 0.3) is 0 Å². The summed E-state index contributed by atoms with van der Waals surface area (Å²) in [7, 11) is 0. The van der Waals surface area contributed by atoms with Crippen LogP contribution in [0.4, 0.5) is 0 Å². The Morgan fingerprint density at radius 2 is 2.08 bits per heavy atom. The van der Waals surface area contributed by atoms with Crippen molar-refractivity contribution in [3.05, 3.63) is 0 Å². The van der Waals surface area contributed by atoms with Gasteiger partial charge in [-0.15, -0.1) is 11.6 Å². The van der Waals surface area contributed by atoms with Crippen molar-refractivity contribution in [3.8, 4) is 0 Å². The maximum absolute atomic E-state index is 6.12. The summed E-state index contributed by atoms with van der Waals surface area (Å²) >= 11 is 6.12. The van der Waals surface area contributed by atoms with Gasteiger partial charge in [0, 0.05) is 11.9 Å². The predicted octanol–water partition coefficient (Wildman–Crippen LogP) is 3.13. The first-order valence-corrected chi connectivity index (χ1v) is 5.77. The zero-order valence-electron chi connectivity index (χ0n) is 9.15. The van der Waals surface area contributed by atoms with Crippen LogP contribution in [0.15, 0.2) is 0 Å². The molecule has 2 heteroatoms. The van der Waals surface area contributed by atoms with Crippen molar-refractivity contribution in [2.24, 2.45) is 5.41 Å². The second-order valence-electron chi connectivity index (χ2n) is 5.35. The molecule has 1 rings (SSSR count). The van der Waals surface area contributed by atoms with Crippen LogP contribution in [0.5, 0.6) is 0 Å². The number of nitrogens with zero attached hydrogens (tertiary/aromatic N) is 1. The van der Waals surface area contributed by atoms with Crippen LogP contribution in [-0.4, -0.2) is 29.9 Å². The number of rotatable bonds is 2. The summed E-state index contributed by atoms with van der Waals surface area (Å²) in [6.45, 7) is 10.5. The number of hydrogen-bond donors (Lipinski definition) is 0. The van der Waals surface area contributed by atoms with Crippen molar-refractivity contribution in [2.45, 2.75) is 45.4 Å². The van der Waals surface area contributed by atoms with Crippen LogP contribution in [0, 0.1) is 5.41 Å². The minimum Gasteiger partial charge on any atom is -0.302 e. The van der Waals surface area contributed by atoms with Gasteiger partial charge in [0.2, 0.25) is 0 Å². The molecule has 0 aromatic rings. The van der Waals surface area contributed by atoms with E-state index < -0.39 is 0 Å². The van der Waals surface area contributed by atoms with Crippen LogP contribution in [0.25, 0.3) is 0 Å². The normalized spacial score (nSPS) is 26.3. The molecule has 1 aliphatic rings. The van der Waals surface area contributed by atoms with Crippen LogP contribution in [0.1, 0.15) is 40.0 Å². The van der Waals surface area contributed by atoms with Gasteiger partial charge in [-0.25, -0.2) is 0 Å². The fourth-order valence-corrected chi connectivity index (χ4v) is 2.05. The van der Waals surface area contributed by atoms with Gasteiger partial charge in [-0.1, -0.05) is 20.8 Å². The Morgan fingerprint density at radius 3 is 2.62 bits per heavy atom. The SMILES string of the molecule is CC(C)(C)CCN1CCCC(Cl)C1. The molecular weight excluding hydrogens is 182 g/mol. The fourth-order valence-electron chi connectivity index (χ4n) is 1.70. The Kier molecular flexibility index (Phi) is 4.06. The molecule has 0 saturated carbocycles. The first-order valence-electron chi connectivity index (χ1n) is 5.34. The lowest BCUT2D eigenvalue weighted by Gasteiger charge is -2.31. The molecule has 0 amide bonds. The van der Waals surface area contributed by atoms with E-state index in [1.165, 1.54) is 32.4 Å². The summed E-state index contributed by atoms with van der Waals surface area (Å²) in [5.74, 6) is 0. The summed E-state index contributed by atoms with van der Waals surface area (Å²) in [6, 6.07) is 0. The van der Waals surface area contributed by atoms with Crippen LogP contribution < -0.4 is 0 Å². The van der Waals surface area contributed by atoms with Gasteiger partial charge in [-0.05, 0) is 37.8 Å². The minimum absolute atomic E-state index is 0.397. The van der Waals surface area contributed by atoms with E-state index in [2.05, 4.69) is 25.7 Å². The Morgan fingerprint density at radius 1 is 1.38 bits per heavy atom. The molecule has 0 bridgehead atoms. The Hall–Kier alpha value is 0.250. The molecule has 1 fully saturated rings. The predicted molar refractivity (Wildman–Crippen MR) is 59.4 cm³/mol. The average molecular weight is 204 g/mol. The van der Waals surface area contributed by atoms with Crippen molar-refractivity contribution in [2.75, 3.05) is 19.6 Å². The van der Waals surface area contributed by atoms with Gasteiger partial charge in [0.1, 0.15) is 0 Å². The lowest BCUT2D eigenvalue weighted by Crippen LogP contribution is -2.37.